The van der Waals surface area contributed by atoms with Crippen LogP contribution in [-0.4, -0.2) is 23.7 Å². The van der Waals surface area contributed by atoms with Gasteiger partial charge >= 0.3 is 12.3 Å². The zero-order valence-corrected chi connectivity index (χ0v) is 12.9. The quantitative estimate of drug-likeness (QED) is 0.891. The van der Waals surface area contributed by atoms with Crippen molar-refractivity contribution in [3.63, 3.8) is 0 Å². The topological polar surface area (TPSA) is 55.4 Å². The highest BCUT2D eigenvalue weighted by Crippen LogP contribution is 2.25. The fourth-order valence-corrected chi connectivity index (χ4v) is 1.67. The Bertz CT molecular complexity index is 580. The van der Waals surface area contributed by atoms with E-state index in [0.717, 1.165) is 0 Å². The predicted octanol–water partition coefficient (Wildman–Crippen LogP) is 4.36. The molecule has 0 bridgehead atoms. The third-order valence-electron chi connectivity index (χ3n) is 2.36. The molecular weight excluding hydrogens is 323 g/mol. The number of hydrogen-bond donors (Lipinski definition) is 1. The Kier molecular flexibility index (Phi) is 5.45. The Balaban J connectivity index is 2.86. The van der Waals surface area contributed by atoms with E-state index in [2.05, 4.69) is 5.32 Å². The van der Waals surface area contributed by atoms with Gasteiger partial charge in [0.2, 0.25) is 5.78 Å². The number of carbonyl (C=O) groups is 2. The number of alkyl halides is 3. The summed E-state index contributed by atoms with van der Waals surface area (Å²) in [6.07, 6.45) is -6.59. The first-order valence-corrected chi connectivity index (χ1v) is 6.65. The van der Waals surface area contributed by atoms with Crippen LogP contribution in [0.25, 0.3) is 0 Å². The van der Waals surface area contributed by atoms with Gasteiger partial charge in [-0.15, -0.1) is 0 Å². The van der Waals surface area contributed by atoms with Crippen molar-refractivity contribution in [2.75, 3.05) is 5.32 Å². The molecule has 1 N–H and O–H groups in total. The fraction of sp³-hybridized carbons (Fsp3) is 0.429. The molecule has 1 amide bonds. The molecule has 0 atom stereocenters. The summed E-state index contributed by atoms with van der Waals surface area (Å²) in [4.78, 5) is 22.6. The largest absolute Gasteiger partial charge is 0.450 e. The molecule has 0 aliphatic rings. The molecule has 4 nitrogen and oxygen atoms in total. The molecule has 8 heteroatoms. The van der Waals surface area contributed by atoms with Crippen molar-refractivity contribution in [3.8, 4) is 0 Å². The summed E-state index contributed by atoms with van der Waals surface area (Å²) in [5, 5.41) is 2.37. The van der Waals surface area contributed by atoms with Gasteiger partial charge in [0.25, 0.3) is 0 Å². The number of ether oxygens (including phenoxy) is 1. The number of halogens is 4. The van der Waals surface area contributed by atoms with Crippen molar-refractivity contribution < 1.29 is 27.5 Å². The van der Waals surface area contributed by atoms with Crippen LogP contribution in [-0.2, 0) is 16.0 Å². The van der Waals surface area contributed by atoms with Gasteiger partial charge in [-0.2, -0.15) is 13.2 Å². The summed E-state index contributed by atoms with van der Waals surface area (Å²) in [7, 11) is 0. The third kappa shape index (κ3) is 5.93. The molecule has 1 aromatic carbocycles. The van der Waals surface area contributed by atoms with Crippen molar-refractivity contribution in [1.82, 2.24) is 0 Å². The molecule has 0 fully saturated rings. The number of amides is 1. The zero-order valence-electron chi connectivity index (χ0n) is 12.2. The van der Waals surface area contributed by atoms with Gasteiger partial charge in [0, 0.05) is 17.1 Å². The van der Waals surface area contributed by atoms with Crippen molar-refractivity contribution >= 4 is 29.2 Å². The minimum Gasteiger partial charge on any atom is -0.444 e. The van der Waals surface area contributed by atoms with Crippen molar-refractivity contribution in [3.05, 3.63) is 28.8 Å². The Morgan fingerprint density at radius 2 is 1.82 bits per heavy atom. The molecule has 1 aromatic rings. The SMILES string of the molecule is CC(C)(C)OC(=O)Nc1ccc(Cl)c(CC(=O)C(F)(F)F)c1. The highest BCUT2D eigenvalue weighted by atomic mass is 35.5. The fourth-order valence-electron chi connectivity index (χ4n) is 1.48. The van der Waals surface area contributed by atoms with Gasteiger partial charge in [0.05, 0.1) is 0 Å². The van der Waals surface area contributed by atoms with Crippen LogP contribution in [0.4, 0.5) is 23.7 Å². The van der Waals surface area contributed by atoms with Gasteiger partial charge in [-0.05, 0) is 44.5 Å². The number of ketones is 1. The summed E-state index contributed by atoms with van der Waals surface area (Å²) in [6, 6.07) is 3.90. The molecule has 22 heavy (non-hydrogen) atoms. The van der Waals surface area contributed by atoms with Crippen LogP contribution in [0.1, 0.15) is 26.3 Å². The van der Waals surface area contributed by atoms with Crippen molar-refractivity contribution in [1.29, 1.82) is 0 Å². The number of rotatable bonds is 3. The average molecular weight is 338 g/mol. The van der Waals surface area contributed by atoms with Gasteiger partial charge in [0.1, 0.15) is 5.60 Å². The van der Waals surface area contributed by atoms with Gasteiger partial charge in [0.15, 0.2) is 0 Å². The smallest absolute Gasteiger partial charge is 0.444 e. The summed E-state index contributed by atoms with van der Waals surface area (Å²) < 4.78 is 41.9. The molecule has 0 aromatic heterocycles. The predicted molar refractivity (Wildman–Crippen MR) is 76.1 cm³/mol. The lowest BCUT2D eigenvalue weighted by Crippen LogP contribution is -2.27. The molecule has 0 radical (unpaired) electrons. The normalized spacial score (nSPS) is 12.0. The van der Waals surface area contributed by atoms with E-state index in [9.17, 15) is 22.8 Å². The van der Waals surface area contributed by atoms with Crippen LogP contribution in [0.15, 0.2) is 18.2 Å². The van der Waals surface area contributed by atoms with Gasteiger partial charge in [-0.25, -0.2) is 4.79 Å². The average Bonchev–Trinajstić information content (AvgIpc) is 2.29. The Labute approximate surface area is 130 Å². The van der Waals surface area contributed by atoms with E-state index >= 15 is 0 Å². The first kappa shape index (κ1) is 18.3. The van der Waals surface area contributed by atoms with E-state index in [1.165, 1.54) is 18.2 Å². The number of nitrogens with one attached hydrogen (secondary N) is 1. The molecule has 0 saturated carbocycles. The first-order valence-electron chi connectivity index (χ1n) is 6.27. The Hall–Kier alpha value is -1.76. The second kappa shape index (κ2) is 6.56. The summed E-state index contributed by atoms with van der Waals surface area (Å²) in [5.41, 5.74) is -0.563. The Morgan fingerprint density at radius 1 is 1.23 bits per heavy atom. The summed E-state index contributed by atoms with van der Waals surface area (Å²) in [6.45, 7) is 5.01. The number of hydrogen-bond acceptors (Lipinski definition) is 3. The number of Topliss-reactive ketones (excluding diaryl/α,β-unsaturated/α-hetero) is 1. The summed E-state index contributed by atoms with van der Waals surface area (Å²) >= 11 is 5.77. The first-order chi connectivity index (χ1) is 9.88. The molecule has 0 saturated heterocycles. The van der Waals surface area contributed by atoms with Crippen molar-refractivity contribution in [2.24, 2.45) is 0 Å². The molecule has 0 spiro atoms. The molecule has 1 rings (SSSR count). The van der Waals surface area contributed by atoms with Crippen molar-refractivity contribution in [2.45, 2.75) is 39.0 Å². The second-order valence-electron chi connectivity index (χ2n) is 5.53. The second-order valence-corrected chi connectivity index (χ2v) is 5.94. The van der Waals surface area contributed by atoms with Crippen LogP contribution in [0.2, 0.25) is 5.02 Å². The van der Waals surface area contributed by atoms with E-state index in [4.69, 9.17) is 16.3 Å². The standard InChI is InChI=1S/C14H15ClF3NO3/c1-13(2,3)22-12(21)19-9-4-5-10(15)8(6-9)7-11(20)14(16,17)18/h4-6H,7H2,1-3H3,(H,19,21). The lowest BCUT2D eigenvalue weighted by molar-refractivity contribution is -0.170. The Morgan fingerprint density at radius 3 is 2.32 bits per heavy atom. The molecule has 0 aliphatic carbocycles. The highest BCUT2D eigenvalue weighted by Gasteiger charge is 2.38. The maximum absolute atomic E-state index is 12.3. The minimum atomic E-state index is -4.93. The van der Waals surface area contributed by atoms with Crippen LogP contribution in [0.3, 0.4) is 0 Å². The lowest BCUT2D eigenvalue weighted by atomic mass is 10.1. The van der Waals surface area contributed by atoms with Crippen LogP contribution >= 0.6 is 11.6 Å². The maximum Gasteiger partial charge on any atom is 0.450 e. The molecule has 122 valence electrons. The van der Waals surface area contributed by atoms with Gasteiger partial charge in [-0.1, -0.05) is 11.6 Å². The molecule has 0 unspecified atom stereocenters. The van der Waals surface area contributed by atoms with E-state index in [1.807, 2.05) is 0 Å². The third-order valence-corrected chi connectivity index (χ3v) is 2.73. The highest BCUT2D eigenvalue weighted by molar-refractivity contribution is 6.31. The monoisotopic (exact) mass is 337 g/mol. The zero-order chi connectivity index (χ0) is 17.1. The molecular formula is C14H15ClF3NO3. The van der Waals surface area contributed by atoms with E-state index in [0.29, 0.717) is 0 Å². The number of benzene rings is 1. The minimum absolute atomic E-state index is 0.00680. The van der Waals surface area contributed by atoms with Crippen LogP contribution in [0, 0.1) is 0 Å². The van der Waals surface area contributed by atoms with E-state index < -0.39 is 30.1 Å². The molecule has 0 aliphatic heterocycles. The maximum atomic E-state index is 12.3. The van der Waals surface area contributed by atoms with Gasteiger partial charge in [-0.3, -0.25) is 10.1 Å². The van der Waals surface area contributed by atoms with Crippen LogP contribution in [0.5, 0.6) is 0 Å². The van der Waals surface area contributed by atoms with E-state index in [-0.39, 0.29) is 16.3 Å². The molecule has 0 heterocycles. The number of anilines is 1. The van der Waals surface area contributed by atoms with Gasteiger partial charge < -0.3 is 4.74 Å². The summed E-state index contributed by atoms with van der Waals surface area (Å²) in [5.74, 6) is -1.91. The van der Waals surface area contributed by atoms with E-state index in [1.54, 1.807) is 20.8 Å². The van der Waals surface area contributed by atoms with Crippen LogP contribution < -0.4 is 5.32 Å². The number of carbonyl (C=O) groups excluding carboxylic acids is 2. The lowest BCUT2D eigenvalue weighted by Gasteiger charge is -2.20.